The molecule has 0 bridgehead atoms. The lowest BCUT2D eigenvalue weighted by molar-refractivity contribution is 0.312. The van der Waals surface area contributed by atoms with Gasteiger partial charge in [-0.2, -0.15) is 15.0 Å². The first kappa shape index (κ1) is 14.0. The van der Waals surface area contributed by atoms with Crippen molar-refractivity contribution < 1.29 is 9.47 Å². The van der Waals surface area contributed by atoms with Gasteiger partial charge in [0.25, 0.3) is 0 Å². The molecule has 6 nitrogen and oxygen atoms in total. The van der Waals surface area contributed by atoms with Crippen LogP contribution in [0.1, 0.15) is 20.3 Å². The Kier molecular flexibility index (Phi) is 4.70. The Labute approximate surface area is 118 Å². The van der Waals surface area contributed by atoms with Gasteiger partial charge >= 0.3 is 6.01 Å². The van der Waals surface area contributed by atoms with Crippen molar-refractivity contribution in [1.82, 2.24) is 15.0 Å². The molecule has 1 aromatic heterocycles. The molecule has 0 amide bonds. The average molecular weight is 274 g/mol. The smallest absolute Gasteiger partial charge is 0.321 e. The van der Waals surface area contributed by atoms with Gasteiger partial charge in [0, 0.05) is 5.56 Å². The molecule has 0 atom stereocenters. The first-order valence-corrected chi connectivity index (χ1v) is 6.60. The van der Waals surface area contributed by atoms with Gasteiger partial charge in [-0.3, -0.25) is 0 Å². The summed E-state index contributed by atoms with van der Waals surface area (Å²) >= 11 is 0. The number of anilines is 1. The highest BCUT2D eigenvalue weighted by Crippen LogP contribution is 2.21. The molecule has 6 heteroatoms. The molecule has 0 aliphatic rings. The molecule has 2 N–H and O–H groups in total. The van der Waals surface area contributed by atoms with Crippen LogP contribution in [0.15, 0.2) is 24.3 Å². The Balaban J connectivity index is 2.22. The molecule has 0 unspecified atom stereocenters. The van der Waals surface area contributed by atoms with Gasteiger partial charge in [0.2, 0.25) is 5.95 Å². The molecule has 2 rings (SSSR count). The number of nitrogen functional groups attached to an aromatic ring is 1. The van der Waals surface area contributed by atoms with E-state index in [2.05, 4.69) is 21.9 Å². The van der Waals surface area contributed by atoms with Crippen molar-refractivity contribution in [1.29, 1.82) is 0 Å². The Bertz CT molecular complexity index is 558. The largest absolute Gasteiger partial charge is 0.494 e. The van der Waals surface area contributed by atoms with Crippen LogP contribution >= 0.6 is 0 Å². The van der Waals surface area contributed by atoms with E-state index in [9.17, 15) is 0 Å². The Morgan fingerprint density at radius 1 is 1.00 bits per heavy atom. The summed E-state index contributed by atoms with van der Waals surface area (Å²) in [5.41, 5.74) is 6.49. The molecule has 106 valence electrons. The number of rotatable bonds is 6. The van der Waals surface area contributed by atoms with Crippen molar-refractivity contribution >= 4 is 5.95 Å². The van der Waals surface area contributed by atoms with E-state index in [1.165, 1.54) is 0 Å². The SMILES string of the molecule is CCCOc1ccc(-c2nc(N)nc(OCC)n2)cc1. The second-order valence-corrected chi connectivity index (χ2v) is 4.11. The van der Waals surface area contributed by atoms with Crippen molar-refractivity contribution in [3.05, 3.63) is 24.3 Å². The van der Waals surface area contributed by atoms with E-state index in [4.69, 9.17) is 15.2 Å². The van der Waals surface area contributed by atoms with E-state index in [0.29, 0.717) is 19.0 Å². The number of hydrogen-bond acceptors (Lipinski definition) is 6. The average Bonchev–Trinajstić information content (AvgIpc) is 2.45. The van der Waals surface area contributed by atoms with Crippen LogP contribution in [0.3, 0.4) is 0 Å². The molecule has 0 saturated carbocycles. The number of ether oxygens (including phenoxy) is 2. The highest BCUT2D eigenvalue weighted by Gasteiger charge is 2.07. The maximum atomic E-state index is 5.66. The van der Waals surface area contributed by atoms with E-state index in [1.807, 2.05) is 31.2 Å². The fraction of sp³-hybridized carbons (Fsp3) is 0.357. The summed E-state index contributed by atoms with van der Waals surface area (Å²) in [4.78, 5) is 12.2. The van der Waals surface area contributed by atoms with Crippen LogP contribution in [0.4, 0.5) is 5.95 Å². The number of nitrogens with two attached hydrogens (primary N) is 1. The van der Waals surface area contributed by atoms with Crippen molar-refractivity contribution in [2.45, 2.75) is 20.3 Å². The van der Waals surface area contributed by atoms with Gasteiger partial charge < -0.3 is 15.2 Å². The normalized spacial score (nSPS) is 10.3. The van der Waals surface area contributed by atoms with E-state index in [0.717, 1.165) is 17.7 Å². The second kappa shape index (κ2) is 6.70. The van der Waals surface area contributed by atoms with Gasteiger partial charge in [0.1, 0.15) is 5.75 Å². The van der Waals surface area contributed by atoms with Crippen LogP contribution in [0, 0.1) is 0 Å². The number of aromatic nitrogens is 3. The minimum Gasteiger partial charge on any atom is -0.494 e. The van der Waals surface area contributed by atoms with Gasteiger partial charge in [-0.05, 0) is 37.6 Å². The summed E-state index contributed by atoms with van der Waals surface area (Å²) < 4.78 is 10.8. The zero-order chi connectivity index (χ0) is 14.4. The second-order valence-electron chi connectivity index (χ2n) is 4.11. The topological polar surface area (TPSA) is 83.2 Å². The number of benzene rings is 1. The Morgan fingerprint density at radius 2 is 1.75 bits per heavy atom. The molecule has 20 heavy (non-hydrogen) atoms. The third-order valence-electron chi connectivity index (χ3n) is 2.49. The summed E-state index contributed by atoms with van der Waals surface area (Å²) in [5, 5.41) is 0. The van der Waals surface area contributed by atoms with Gasteiger partial charge in [-0.25, -0.2) is 0 Å². The standard InChI is InChI=1S/C14H18N4O2/c1-3-9-20-11-7-5-10(6-8-11)12-16-13(15)18-14(17-12)19-4-2/h5-8H,3-4,9H2,1-2H3,(H2,15,16,17,18). The fourth-order valence-corrected chi connectivity index (χ4v) is 1.61. The molecule has 1 aromatic carbocycles. The molecule has 0 fully saturated rings. The summed E-state index contributed by atoms with van der Waals surface area (Å²) in [7, 11) is 0. The predicted molar refractivity (Wildman–Crippen MR) is 76.6 cm³/mol. The van der Waals surface area contributed by atoms with E-state index in [-0.39, 0.29) is 12.0 Å². The van der Waals surface area contributed by atoms with E-state index in [1.54, 1.807) is 0 Å². The van der Waals surface area contributed by atoms with Gasteiger partial charge in [0.05, 0.1) is 13.2 Å². The van der Waals surface area contributed by atoms with E-state index >= 15 is 0 Å². The van der Waals surface area contributed by atoms with Crippen LogP contribution in [-0.2, 0) is 0 Å². The van der Waals surface area contributed by atoms with Crippen LogP contribution in [0.2, 0.25) is 0 Å². The van der Waals surface area contributed by atoms with Crippen molar-refractivity contribution in [3.8, 4) is 23.1 Å². The molecule has 0 aliphatic carbocycles. The summed E-state index contributed by atoms with van der Waals surface area (Å²) in [6.45, 7) is 5.11. The quantitative estimate of drug-likeness (QED) is 0.870. The number of nitrogens with zero attached hydrogens (tertiary/aromatic N) is 3. The summed E-state index contributed by atoms with van der Waals surface area (Å²) in [6.07, 6.45) is 0.976. The van der Waals surface area contributed by atoms with Gasteiger partial charge in [0.15, 0.2) is 5.82 Å². The zero-order valence-electron chi connectivity index (χ0n) is 11.7. The first-order chi connectivity index (χ1) is 9.72. The van der Waals surface area contributed by atoms with Crippen LogP contribution in [0.25, 0.3) is 11.4 Å². The Hall–Kier alpha value is -2.37. The molecule has 0 spiro atoms. The predicted octanol–water partition coefficient (Wildman–Crippen LogP) is 2.31. The lowest BCUT2D eigenvalue weighted by Crippen LogP contribution is -2.04. The molecule has 0 aliphatic heterocycles. The third kappa shape index (κ3) is 3.57. The molecule has 0 radical (unpaired) electrons. The van der Waals surface area contributed by atoms with Crippen LogP contribution in [-0.4, -0.2) is 28.2 Å². The molecular weight excluding hydrogens is 256 g/mol. The zero-order valence-corrected chi connectivity index (χ0v) is 11.7. The van der Waals surface area contributed by atoms with Crippen molar-refractivity contribution in [2.24, 2.45) is 0 Å². The van der Waals surface area contributed by atoms with Crippen molar-refractivity contribution in [3.63, 3.8) is 0 Å². The maximum Gasteiger partial charge on any atom is 0.321 e. The summed E-state index contributed by atoms with van der Waals surface area (Å²) in [6, 6.07) is 7.77. The highest BCUT2D eigenvalue weighted by atomic mass is 16.5. The van der Waals surface area contributed by atoms with Crippen LogP contribution < -0.4 is 15.2 Å². The minimum atomic E-state index is 0.143. The lowest BCUT2D eigenvalue weighted by Gasteiger charge is -2.07. The molecule has 1 heterocycles. The highest BCUT2D eigenvalue weighted by molar-refractivity contribution is 5.57. The van der Waals surface area contributed by atoms with Gasteiger partial charge in [-0.15, -0.1) is 0 Å². The Morgan fingerprint density at radius 3 is 2.40 bits per heavy atom. The number of hydrogen-bond donors (Lipinski definition) is 1. The maximum absolute atomic E-state index is 5.66. The monoisotopic (exact) mass is 274 g/mol. The van der Waals surface area contributed by atoms with Crippen LogP contribution in [0.5, 0.6) is 11.8 Å². The van der Waals surface area contributed by atoms with Gasteiger partial charge in [-0.1, -0.05) is 6.92 Å². The summed E-state index contributed by atoms with van der Waals surface area (Å²) in [5.74, 6) is 1.45. The molecule has 2 aromatic rings. The molecular formula is C14H18N4O2. The van der Waals surface area contributed by atoms with Crippen molar-refractivity contribution in [2.75, 3.05) is 18.9 Å². The van der Waals surface area contributed by atoms with E-state index < -0.39 is 0 Å². The minimum absolute atomic E-state index is 0.143. The first-order valence-electron chi connectivity index (χ1n) is 6.60. The fourth-order valence-electron chi connectivity index (χ4n) is 1.61. The molecule has 0 saturated heterocycles. The lowest BCUT2D eigenvalue weighted by atomic mass is 10.2. The third-order valence-corrected chi connectivity index (χ3v) is 2.49.